The normalized spacial score (nSPS) is 18.0. The molecule has 0 saturated carbocycles. The maximum absolute atomic E-state index is 13.8. The second-order valence-corrected chi connectivity index (χ2v) is 4.82. The zero-order valence-corrected chi connectivity index (χ0v) is 10.9. The molecular formula is C14H12F5N. The first kappa shape index (κ1) is 14.7. The van der Waals surface area contributed by atoms with E-state index in [0.29, 0.717) is 6.54 Å². The Morgan fingerprint density at radius 2 is 1.40 bits per heavy atom. The monoisotopic (exact) mass is 289 g/mol. The van der Waals surface area contributed by atoms with Crippen molar-refractivity contribution in [2.75, 3.05) is 20.6 Å². The van der Waals surface area contributed by atoms with Gasteiger partial charge in [-0.05, 0) is 19.7 Å². The number of hydrogen-bond donors (Lipinski definition) is 0. The number of nitrogens with zero attached hydrogens (tertiary/aromatic N) is 1. The molecule has 0 amide bonds. The van der Waals surface area contributed by atoms with Gasteiger partial charge in [0.05, 0.1) is 5.56 Å². The molecule has 0 aliphatic heterocycles. The van der Waals surface area contributed by atoms with Crippen molar-refractivity contribution < 1.29 is 22.0 Å². The minimum absolute atomic E-state index is 0.0894. The predicted octanol–water partition coefficient (Wildman–Crippen LogP) is 3.51. The van der Waals surface area contributed by atoms with Gasteiger partial charge in [0.2, 0.25) is 5.82 Å². The minimum Gasteiger partial charge on any atom is -0.308 e. The van der Waals surface area contributed by atoms with Crippen molar-refractivity contribution in [3.8, 4) is 0 Å². The molecule has 1 aromatic carbocycles. The smallest absolute Gasteiger partial charge is 0.200 e. The maximum atomic E-state index is 13.8. The summed E-state index contributed by atoms with van der Waals surface area (Å²) < 4.78 is 67.0. The Morgan fingerprint density at radius 1 is 0.900 bits per heavy atom. The van der Waals surface area contributed by atoms with Gasteiger partial charge in [-0.25, -0.2) is 22.0 Å². The van der Waals surface area contributed by atoms with Crippen LogP contribution in [0.15, 0.2) is 18.2 Å². The fraction of sp³-hybridized carbons (Fsp3) is 0.286. The van der Waals surface area contributed by atoms with Gasteiger partial charge in [-0.15, -0.1) is 0 Å². The van der Waals surface area contributed by atoms with Gasteiger partial charge < -0.3 is 4.90 Å². The average Bonchev–Trinajstić information content (AvgIpc) is 2.82. The molecule has 1 unspecified atom stereocenters. The van der Waals surface area contributed by atoms with Crippen molar-refractivity contribution in [2.45, 2.75) is 0 Å². The summed E-state index contributed by atoms with van der Waals surface area (Å²) >= 11 is 0. The summed E-state index contributed by atoms with van der Waals surface area (Å²) in [7, 11) is 3.50. The molecule has 0 spiro atoms. The third-order valence-corrected chi connectivity index (χ3v) is 3.08. The summed E-state index contributed by atoms with van der Waals surface area (Å²) in [5.74, 6) is -9.98. The van der Waals surface area contributed by atoms with Crippen LogP contribution in [-0.2, 0) is 0 Å². The minimum atomic E-state index is -2.14. The summed E-state index contributed by atoms with van der Waals surface area (Å²) in [6.07, 6.45) is 4.57. The molecule has 1 aliphatic rings. The van der Waals surface area contributed by atoms with Crippen molar-refractivity contribution in [1.29, 1.82) is 0 Å². The van der Waals surface area contributed by atoms with Crippen LogP contribution in [-0.4, -0.2) is 25.5 Å². The quantitative estimate of drug-likeness (QED) is 0.467. The fourth-order valence-electron chi connectivity index (χ4n) is 2.20. The Morgan fingerprint density at radius 3 is 1.90 bits per heavy atom. The van der Waals surface area contributed by atoms with E-state index in [2.05, 4.69) is 0 Å². The molecule has 2 rings (SSSR count). The molecule has 1 nitrogen and oxygen atoms in total. The van der Waals surface area contributed by atoms with E-state index in [1.54, 1.807) is 31.1 Å². The Hall–Kier alpha value is -1.69. The van der Waals surface area contributed by atoms with Crippen LogP contribution in [0.5, 0.6) is 0 Å². The summed E-state index contributed by atoms with van der Waals surface area (Å²) in [4.78, 5) is 1.76. The molecular weight excluding hydrogens is 277 g/mol. The van der Waals surface area contributed by atoms with E-state index < -0.39 is 40.6 Å². The number of hydrogen-bond acceptors (Lipinski definition) is 1. The molecule has 1 aliphatic carbocycles. The average molecular weight is 289 g/mol. The van der Waals surface area contributed by atoms with Gasteiger partial charge in [0.1, 0.15) is 0 Å². The van der Waals surface area contributed by atoms with E-state index in [-0.39, 0.29) is 5.57 Å². The Labute approximate surface area is 113 Å². The van der Waals surface area contributed by atoms with Crippen molar-refractivity contribution in [3.63, 3.8) is 0 Å². The highest BCUT2D eigenvalue weighted by Crippen LogP contribution is 2.35. The third-order valence-electron chi connectivity index (χ3n) is 3.08. The van der Waals surface area contributed by atoms with Gasteiger partial charge in [-0.2, -0.15) is 0 Å². The summed E-state index contributed by atoms with van der Waals surface area (Å²) in [5.41, 5.74) is -0.759. The Kier molecular flexibility index (Phi) is 3.94. The van der Waals surface area contributed by atoms with Gasteiger partial charge in [-0.3, -0.25) is 0 Å². The van der Waals surface area contributed by atoms with Gasteiger partial charge in [0, 0.05) is 12.5 Å². The van der Waals surface area contributed by atoms with Crippen LogP contribution < -0.4 is 0 Å². The van der Waals surface area contributed by atoms with Crippen molar-refractivity contribution in [1.82, 2.24) is 4.90 Å². The lowest BCUT2D eigenvalue weighted by Gasteiger charge is -2.20. The van der Waals surface area contributed by atoms with Crippen LogP contribution in [0.25, 0.3) is 5.57 Å². The molecule has 1 atom stereocenters. The lowest BCUT2D eigenvalue weighted by Crippen LogP contribution is -2.21. The highest BCUT2D eigenvalue weighted by Gasteiger charge is 2.30. The zero-order valence-electron chi connectivity index (χ0n) is 10.9. The van der Waals surface area contributed by atoms with Crippen molar-refractivity contribution in [3.05, 3.63) is 52.9 Å². The third kappa shape index (κ3) is 2.35. The zero-order chi connectivity index (χ0) is 15.0. The largest absolute Gasteiger partial charge is 0.308 e. The van der Waals surface area contributed by atoms with E-state index in [4.69, 9.17) is 0 Å². The van der Waals surface area contributed by atoms with Crippen LogP contribution in [0.3, 0.4) is 0 Å². The molecule has 0 N–H and O–H groups in total. The molecule has 0 radical (unpaired) electrons. The standard InChI is InChI=1S/C14H12F5N/c1-20(2)6-7-4-3-5-8(7)9-10(15)12(17)14(19)13(18)11(9)16/h3-5,7H,6H2,1-2H3. The molecule has 1 aromatic rings. The highest BCUT2D eigenvalue weighted by atomic mass is 19.2. The van der Waals surface area contributed by atoms with E-state index >= 15 is 0 Å². The van der Waals surface area contributed by atoms with Crippen LogP contribution in [0.1, 0.15) is 5.56 Å². The summed E-state index contributed by atoms with van der Waals surface area (Å²) in [5, 5.41) is 0. The molecule has 0 heterocycles. The predicted molar refractivity (Wildman–Crippen MR) is 65.4 cm³/mol. The lowest BCUT2D eigenvalue weighted by atomic mass is 9.93. The van der Waals surface area contributed by atoms with Crippen LogP contribution in [0, 0.1) is 35.0 Å². The first-order chi connectivity index (χ1) is 9.34. The summed E-state index contributed by atoms with van der Waals surface area (Å²) in [6.45, 7) is 0.405. The number of benzene rings is 1. The molecule has 0 fully saturated rings. The molecule has 0 bridgehead atoms. The van der Waals surface area contributed by atoms with Gasteiger partial charge >= 0.3 is 0 Å². The molecule has 0 aromatic heterocycles. The fourth-order valence-corrected chi connectivity index (χ4v) is 2.20. The molecule has 20 heavy (non-hydrogen) atoms. The van der Waals surface area contributed by atoms with Crippen molar-refractivity contribution >= 4 is 5.57 Å². The van der Waals surface area contributed by atoms with E-state index in [1.807, 2.05) is 0 Å². The Balaban J connectivity index is 2.54. The summed E-state index contributed by atoms with van der Waals surface area (Å²) in [6, 6.07) is 0. The van der Waals surface area contributed by atoms with E-state index in [1.165, 1.54) is 6.08 Å². The van der Waals surface area contributed by atoms with E-state index in [0.717, 1.165) is 0 Å². The maximum Gasteiger partial charge on any atom is 0.200 e. The number of allylic oxidation sites excluding steroid dienone is 2. The van der Waals surface area contributed by atoms with Crippen LogP contribution >= 0.6 is 0 Å². The van der Waals surface area contributed by atoms with Crippen LogP contribution in [0.2, 0.25) is 0 Å². The van der Waals surface area contributed by atoms with Gasteiger partial charge in [0.25, 0.3) is 0 Å². The van der Waals surface area contributed by atoms with Gasteiger partial charge in [0.15, 0.2) is 23.3 Å². The van der Waals surface area contributed by atoms with Gasteiger partial charge in [-0.1, -0.05) is 18.2 Å². The molecule has 0 saturated heterocycles. The lowest BCUT2D eigenvalue weighted by molar-refractivity contribution is 0.371. The number of halogens is 5. The molecule has 6 heteroatoms. The van der Waals surface area contributed by atoms with Crippen molar-refractivity contribution in [2.24, 2.45) is 5.92 Å². The molecule has 108 valence electrons. The van der Waals surface area contributed by atoms with E-state index in [9.17, 15) is 22.0 Å². The first-order valence-corrected chi connectivity index (χ1v) is 5.89. The number of rotatable bonds is 3. The second kappa shape index (κ2) is 5.36. The SMILES string of the molecule is CN(C)CC1C=CC=C1c1c(F)c(F)c(F)c(F)c1F. The highest BCUT2D eigenvalue weighted by molar-refractivity contribution is 5.74. The Bertz CT molecular complexity index is 575. The second-order valence-electron chi connectivity index (χ2n) is 4.82. The van der Waals surface area contributed by atoms with Crippen LogP contribution in [0.4, 0.5) is 22.0 Å². The first-order valence-electron chi connectivity index (χ1n) is 5.89. The topological polar surface area (TPSA) is 3.24 Å².